The molecule has 0 radical (unpaired) electrons. The van der Waals surface area contributed by atoms with Crippen molar-refractivity contribution in [3.05, 3.63) is 127 Å². The van der Waals surface area contributed by atoms with Gasteiger partial charge in [0.2, 0.25) is 0 Å². The van der Waals surface area contributed by atoms with Gasteiger partial charge in [0, 0.05) is 23.6 Å². The van der Waals surface area contributed by atoms with Crippen LogP contribution in [0.2, 0.25) is 0 Å². The molecule has 0 spiro atoms. The van der Waals surface area contributed by atoms with Crippen molar-refractivity contribution in [2.75, 3.05) is 6.61 Å². The van der Waals surface area contributed by atoms with Crippen LogP contribution in [-0.2, 0) is 4.79 Å². The molecular formula is C36H27N3O3. The molecule has 6 rings (SSSR count). The van der Waals surface area contributed by atoms with E-state index < -0.39 is 0 Å². The van der Waals surface area contributed by atoms with Crippen molar-refractivity contribution in [1.82, 2.24) is 15.0 Å². The van der Waals surface area contributed by atoms with E-state index in [0.717, 1.165) is 39.7 Å². The Hall–Kier alpha value is -5.62. The number of benzene rings is 5. The van der Waals surface area contributed by atoms with Crippen molar-refractivity contribution >= 4 is 6.29 Å². The number of aromatic hydroxyl groups is 1. The van der Waals surface area contributed by atoms with Crippen LogP contribution < -0.4 is 4.74 Å². The second-order valence-corrected chi connectivity index (χ2v) is 9.68. The SMILES string of the molecule is O=CCCOc1ccc(-c2nc(-c3ccc(-c4ccccc4)cc3)nc(-c3ccc(-c4ccccc4)cc3)n2)c(O)c1. The van der Waals surface area contributed by atoms with Crippen molar-refractivity contribution < 1.29 is 14.6 Å². The lowest BCUT2D eigenvalue weighted by Gasteiger charge is -2.11. The Bertz CT molecular complexity index is 1700. The molecule has 204 valence electrons. The van der Waals surface area contributed by atoms with Crippen LogP contribution in [0.4, 0.5) is 0 Å². The number of hydrogen-bond acceptors (Lipinski definition) is 6. The summed E-state index contributed by atoms with van der Waals surface area (Å²) in [5.41, 5.74) is 6.54. The first-order chi connectivity index (χ1) is 20.7. The number of aldehydes is 1. The second-order valence-electron chi connectivity index (χ2n) is 9.68. The van der Waals surface area contributed by atoms with Gasteiger partial charge < -0.3 is 14.6 Å². The molecule has 0 aliphatic rings. The predicted octanol–water partition coefficient (Wildman–Crippen LogP) is 7.88. The maximum Gasteiger partial charge on any atom is 0.167 e. The fourth-order valence-corrected chi connectivity index (χ4v) is 4.65. The maximum absolute atomic E-state index is 10.9. The van der Waals surface area contributed by atoms with E-state index in [1.54, 1.807) is 12.1 Å². The Morgan fingerprint density at radius 3 is 1.48 bits per heavy atom. The molecule has 0 bridgehead atoms. The number of nitrogens with zero attached hydrogens (tertiary/aromatic N) is 3. The Kier molecular flexibility index (Phi) is 7.77. The summed E-state index contributed by atoms with van der Waals surface area (Å²) in [6.45, 7) is 0.236. The molecule has 6 aromatic rings. The van der Waals surface area contributed by atoms with Gasteiger partial charge in [0.1, 0.15) is 17.8 Å². The quantitative estimate of drug-likeness (QED) is 0.146. The van der Waals surface area contributed by atoms with Gasteiger partial charge >= 0.3 is 0 Å². The minimum atomic E-state index is -0.0273. The summed E-state index contributed by atoms with van der Waals surface area (Å²) < 4.78 is 5.56. The largest absolute Gasteiger partial charge is 0.507 e. The van der Waals surface area contributed by atoms with Crippen molar-refractivity contribution in [3.8, 4) is 67.9 Å². The van der Waals surface area contributed by atoms with Crippen LogP contribution >= 0.6 is 0 Å². The van der Waals surface area contributed by atoms with Crippen LogP contribution in [0.25, 0.3) is 56.4 Å². The second kappa shape index (κ2) is 12.3. The fraction of sp³-hybridized carbons (Fsp3) is 0.0556. The molecule has 0 unspecified atom stereocenters. The van der Waals surface area contributed by atoms with Gasteiger partial charge in [-0.2, -0.15) is 0 Å². The lowest BCUT2D eigenvalue weighted by atomic mass is 10.0. The topological polar surface area (TPSA) is 85.2 Å². The smallest absolute Gasteiger partial charge is 0.167 e. The molecule has 0 atom stereocenters. The summed E-state index contributed by atoms with van der Waals surface area (Å²) in [5.74, 6) is 1.76. The normalized spacial score (nSPS) is 10.8. The van der Waals surface area contributed by atoms with E-state index >= 15 is 0 Å². The number of carbonyl (C=O) groups is 1. The predicted molar refractivity (Wildman–Crippen MR) is 165 cm³/mol. The average Bonchev–Trinajstić information content (AvgIpc) is 3.06. The zero-order chi connectivity index (χ0) is 28.7. The molecule has 1 heterocycles. The van der Waals surface area contributed by atoms with Crippen molar-refractivity contribution in [1.29, 1.82) is 0 Å². The van der Waals surface area contributed by atoms with E-state index in [9.17, 15) is 9.90 Å². The molecule has 1 N–H and O–H groups in total. The van der Waals surface area contributed by atoms with Gasteiger partial charge in [-0.1, -0.05) is 109 Å². The Balaban J connectivity index is 1.40. The molecular weight excluding hydrogens is 522 g/mol. The van der Waals surface area contributed by atoms with Crippen molar-refractivity contribution in [2.45, 2.75) is 6.42 Å². The standard InChI is InChI=1S/C36H27N3O3/c40-22-7-23-42-31-20-21-32(33(41)24-31)36-38-34(29-16-12-27(13-17-29)25-8-3-1-4-9-25)37-35(39-36)30-18-14-28(15-19-30)26-10-5-2-6-11-26/h1-6,8-22,24,41H,7,23H2. The van der Waals surface area contributed by atoms with E-state index in [0.29, 0.717) is 28.8 Å². The van der Waals surface area contributed by atoms with Gasteiger partial charge in [-0.3, -0.25) is 0 Å². The highest BCUT2D eigenvalue weighted by molar-refractivity contribution is 5.73. The van der Waals surface area contributed by atoms with Gasteiger partial charge in [0.25, 0.3) is 0 Å². The molecule has 1 aromatic heterocycles. The van der Waals surface area contributed by atoms with Crippen LogP contribution in [0.3, 0.4) is 0 Å². The molecule has 0 saturated heterocycles. The third kappa shape index (κ3) is 5.93. The summed E-state index contributed by atoms with van der Waals surface area (Å²) >= 11 is 0. The van der Waals surface area contributed by atoms with Crippen LogP contribution in [-0.4, -0.2) is 33.0 Å². The van der Waals surface area contributed by atoms with E-state index in [4.69, 9.17) is 19.7 Å². The molecule has 5 aromatic carbocycles. The Morgan fingerprint density at radius 2 is 1.00 bits per heavy atom. The first kappa shape index (κ1) is 26.6. The maximum atomic E-state index is 10.9. The number of rotatable bonds is 9. The van der Waals surface area contributed by atoms with Crippen molar-refractivity contribution in [3.63, 3.8) is 0 Å². The van der Waals surface area contributed by atoms with Crippen LogP contribution in [0.15, 0.2) is 127 Å². The highest BCUT2D eigenvalue weighted by Crippen LogP contribution is 2.33. The zero-order valence-corrected chi connectivity index (χ0v) is 22.7. The number of phenols is 1. The lowest BCUT2D eigenvalue weighted by Crippen LogP contribution is -2.01. The Labute approximate surface area is 244 Å². The molecule has 6 nitrogen and oxygen atoms in total. The molecule has 0 fully saturated rings. The van der Waals surface area contributed by atoms with Crippen molar-refractivity contribution in [2.24, 2.45) is 0 Å². The number of aromatic nitrogens is 3. The molecule has 6 heteroatoms. The Morgan fingerprint density at radius 1 is 0.548 bits per heavy atom. The van der Waals surface area contributed by atoms with E-state index in [-0.39, 0.29) is 18.8 Å². The minimum absolute atomic E-state index is 0.0273. The number of carbonyl (C=O) groups excluding carboxylic acids is 1. The lowest BCUT2D eigenvalue weighted by molar-refractivity contribution is -0.108. The molecule has 42 heavy (non-hydrogen) atoms. The highest BCUT2D eigenvalue weighted by Gasteiger charge is 2.16. The number of hydrogen-bond donors (Lipinski definition) is 1. The number of ether oxygens (including phenoxy) is 1. The average molecular weight is 550 g/mol. The first-order valence-corrected chi connectivity index (χ1v) is 13.7. The fourth-order valence-electron chi connectivity index (χ4n) is 4.65. The van der Waals surface area contributed by atoms with E-state index in [2.05, 4.69) is 24.3 Å². The van der Waals surface area contributed by atoms with Gasteiger partial charge in [-0.05, 0) is 34.4 Å². The summed E-state index contributed by atoms with van der Waals surface area (Å²) in [6, 6.07) is 41.5. The van der Waals surface area contributed by atoms with Crippen LogP contribution in [0.1, 0.15) is 6.42 Å². The third-order valence-corrected chi connectivity index (χ3v) is 6.85. The summed E-state index contributed by atoms with van der Waals surface area (Å²) in [4.78, 5) is 25.0. The minimum Gasteiger partial charge on any atom is -0.507 e. The summed E-state index contributed by atoms with van der Waals surface area (Å²) in [7, 11) is 0. The summed E-state index contributed by atoms with van der Waals surface area (Å²) in [6.07, 6.45) is 1.07. The van der Waals surface area contributed by atoms with Crippen LogP contribution in [0, 0.1) is 0 Å². The monoisotopic (exact) mass is 549 g/mol. The van der Waals surface area contributed by atoms with Gasteiger partial charge in [0.15, 0.2) is 17.5 Å². The van der Waals surface area contributed by atoms with E-state index in [1.807, 2.05) is 84.9 Å². The van der Waals surface area contributed by atoms with E-state index in [1.165, 1.54) is 6.07 Å². The van der Waals surface area contributed by atoms with Gasteiger partial charge in [0.05, 0.1) is 12.2 Å². The highest BCUT2D eigenvalue weighted by atomic mass is 16.5. The first-order valence-electron chi connectivity index (χ1n) is 13.7. The molecule has 0 aliphatic carbocycles. The van der Waals surface area contributed by atoms with Gasteiger partial charge in [-0.25, -0.2) is 15.0 Å². The van der Waals surface area contributed by atoms with Gasteiger partial charge in [-0.15, -0.1) is 0 Å². The zero-order valence-electron chi connectivity index (χ0n) is 22.7. The molecule has 0 aliphatic heterocycles. The summed E-state index contributed by atoms with van der Waals surface area (Å²) in [5, 5.41) is 10.9. The third-order valence-electron chi connectivity index (χ3n) is 6.85. The molecule has 0 saturated carbocycles. The van der Waals surface area contributed by atoms with Crippen LogP contribution in [0.5, 0.6) is 11.5 Å². The number of phenolic OH excluding ortho intramolecular Hbond substituents is 1. The molecule has 0 amide bonds.